The number of rotatable bonds is 13. The average molecular weight is 733 g/mol. The van der Waals surface area contributed by atoms with E-state index in [1.165, 1.54) is 6.08 Å². The summed E-state index contributed by atoms with van der Waals surface area (Å²) >= 11 is 0. The molecule has 2 aliphatic heterocycles. The molecule has 1 aromatic rings. The van der Waals surface area contributed by atoms with Gasteiger partial charge < -0.3 is 38.9 Å². The number of ether oxygens (including phenoxy) is 4. The van der Waals surface area contributed by atoms with Crippen LogP contribution in [0.2, 0.25) is 0 Å². The number of carbonyl (C=O) groups is 3. The fraction of sp³-hybridized carbons (Fsp3) is 0.700. The Morgan fingerprint density at radius 2 is 1.85 bits per heavy atom. The van der Waals surface area contributed by atoms with Gasteiger partial charge >= 0.3 is 5.97 Å². The van der Waals surface area contributed by atoms with Crippen molar-refractivity contribution in [1.29, 1.82) is 0 Å². The third-order valence-electron chi connectivity index (χ3n) is 10.4. The molecular weight excluding hydrogens is 671 g/mol. The third-order valence-corrected chi connectivity index (χ3v) is 10.4. The van der Waals surface area contributed by atoms with Gasteiger partial charge in [0.2, 0.25) is 0 Å². The van der Waals surface area contributed by atoms with Crippen LogP contribution in [0.25, 0.3) is 0 Å². The number of likely N-dealkylation sites (N-methyl/N-ethyl adjacent to an activating group) is 1. The highest BCUT2D eigenvalue weighted by molar-refractivity contribution is 5.91. The summed E-state index contributed by atoms with van der Waals surface area (Å²) in [5.74, 6) is -3.48. The van der Waals surface area contributed by atoms with Crippen molar-refractivity contribution in [1.82, 2.24) is 9.88 Å². The second-order valence-corrected chi connectivity index (χ2v) is 14.7. The summed E-state index contributed by atoms with van der Waals surface area (Å²) in [6.07, 6.45) is 3.59. The van der Waals surface area contributed by atoms with Crippen LogP contribution in [-0.4, -0.2) is 114 Å². The van der Waals surface area contributed by atoms with Crippen LogP contribution in [0.3, 0.4) is 0 Å². The highest BCUT2D eigenvalue weighted by Crippen LogP contribution is 2.35. The maximum absolute atomic E-state index is 14.1. The van der Waals surface area contributed by atoms with E-state index in [9.17, 15) is 29.0 Å². The molecule has 0 bridgehead atoms. The Kier molecular flexibility index (Phi) is 18.2. The van der Waals surface area contributed by atoms with E-state index in [-0.39, 0.29) is 18.6 Å². The van der Waals surface area contributed by atoms with Gasteiger partial charge in [-0.25, -0.2) is 0 Å². The monoisotopic (exact) mass is 732 g/mol. The molecule has 12 heteroatoms. The molecular formula is C40H61FN2O9. The molecule has 12 atom stereocenters. The maximum atomic E-state index is 14.1. The Bertz CT molecular complexity index is 1310. The molecule has 0 saturated carbocycles. The fourth-order valence-corrected chi connectivity index (χ4v) is 7.29. The van der Waals surface area contributed by atoms with Gasteiger partial charge in [-0.3, -0.25) is 19.0 Å². The maximum Gasteiger partial charge on any atom is 0.308 e. The molecule has 2 aliphatic rings. The van der Waals surface area contributed by atoms with Crippen LogP contribution < -0.4 is 0 Å². The Morgan fingerprint density at radius 1 is 1.10 bits per heavy atom. The molecule has 1 aromatic heterocycles. The molecule has 3 rings (SSSR count). The van der Waals surface area contributed by atoms with Crippen molar-refractivity contribution in [2.45, 2.75) is 129 Å². The number of ketones is 1. The summed E-state index contributed by atoms with van der Waals surface area (Å²) in [5, 5.41) is 23.2. The SMILES string of the molecule is CC[C@H]1OC(=O)C[C@@H](O)[C@H](C)[C@@H](O[C@@H]2O[C@H](C)[C@@H](OCCCCc3ccccn3)[C@H](N(C)C)[C@H]2O)[C@@H](CC=O)C[C@@H](C)C(=O)/C=C/C(C)=C/[C@@H]1CF. The number of allylic oxidation sites excluding steroid dienone is 3. The average Bonchev–Trinajstić information content (AvgIpc) is 3.11. The van der Waals surface area contributed by atoms with Crippen LogP contribution in [0.4, 0.5) is 4.39 Å². The number of aliphatic hydroxyl groups excluding tert-OH is 2. The van der Waals surface area contributed by atoms with Gasteiger partial charge in [-0.2, -0.15) is 0 Å². The molecule has 292 valence electrons. The first-order valence-electron chi connectivity index (χ1n) is 18.7. The number of hydrogen-bond acceptors (Lipinski definition) is 11. The predicted molar refractivity (Wildman–Crippen MR) is 195 cm³/mol. The predicted octanol–water partition coefficient (Wildman–Crippen LogP) is 4.82. The minimum atomic E-state index is -1.28. The molecule has 0 aliphatic carbocycles. The minimum Gasteiger partial charge on any atom is -0.462 e. The molecule has 0 aromatic carbocycles. The molecule has 0 unspecified atom stereocenters. The topological polar surface area (TPSA) is 145 Å². The zero-order valence-corrected chi connectivity index (χ0v) is 31.9. The number of cyclic esters (lactones) is 1. The van der Waals surface area contributed by atoms with Crippen molar-refractivity contribution in [2.24, 2.45) is 23.7 Å². The number of pyridine rings is 1. The lowest BCUT2D eigenvalue weighted by Crippen LogP contribution is -2.64. The van der Waals surface area contributed by atoms with Crippen LogP contribution in [0.1, 0.15) is 78.8 Å². The lowest BCUT2D eigenvalue weighted by atomic mass is 9.79. The van der Waals surface area contributed by atoms with Gasteiger partial charge in [-0.1, -0.05) is 44.6 Å². The third kappa shape index (κ3) is 12.6. The van der Waals surface area contributed by atoms with Crippen molar-refractivity contribution in [3.05, 3.63) is 53.9 Å². The van der Waals surface area contributed by atoms with E-state index in [2.05, 4.69) is 4.98 Å². The largest absolute Gasteiger partial charge is 0.462 e. The Balaban J connectivity index is 1.86. The zero-order valence-electron chi connectivity index (χ0n) is 31.9. The van der Waals surface area contributed by atoms with Crippen LogP contribution >= 0.6 is 0 Å². The molecule has 2 N–H and O–H groups in total. The van der Waals surface area contributed by atoms with Crippen molar-refractivity contribution in [2.75, 3.05) is 27.4 Å². The summed E-state index contributed by atoms with van der Waals surface area (Å²) in [6, 6.07) is 5.32. The van der Waals surface area contributed by atoms with Crippen LogP contribution in [0.5, 0.6) is 0 Å². The molecule has 11 nitrogen and oxygen atoms in total. The number of aromatic nitrogens is 1. The Hall–Kier alpha value is -2.87. The van der Waals surface area contributed by atoms with E-state index in [0.29, 0.717) is 18.6 Å². The number of aryl methyl sites for hydroxylation is 1. The number of nitrogens with zero attached hydrogens (tertiary/aromatic N) is 2. The van der Waals surface area contributed by atoms with Crippen LogP contribution in [0.15, 0.2) is 48.2 Å². The number of alkyl halides is 1. The van der Waals surface area contributed by atoms with E-state index < -0.39 is 91.7 Å². The standard InChI is InChI=1S/C40H61FN2O9/c1-8-34-30(24-41)21-25(2)15-16-32(45)26(3)22-29(17-19-44)38(27(4)33(46)23-35(47)51-34)52-40-37(48)36(43(6)7)39(28(5)50-40)49-20-12-10-14-31-13-9-11-18-42-31/h9,11,13,15-16,18-19,21,26-30,33-34,36-40,46,48H,8,10,12,14,17,20,22-24H2,1-7H3/b16-15+,25-21+/t26-,27+,28-,29+,30-,33-,34-,36-,37-,38-,39-,40+/m1/s1. The molecule has 0 radical (unpaired) electrons. The summed E-state index contributed by atoms with van der Waals surface area (Å²) < 4.78 is 39.0. The number of carbonyl (C=O) groups excluding carboxylic acids is 3. The molecule has 1 fully saturated rings. The molecule has 0 amide bonds. The minimum absolute atomic E-state index is 0.00222. The van der Waals surface area contributed by atoms with Gasteiger partial charge in [0.1, 0.15) is 24.6 Å². The van der Waals surface area contributed by atoms with E-state index in [1.54, 1.807) is 46.0 Å². The van der Waals surface area contributed by atoms with Gasteiger partial charge in [0.15, 0.2) is 12.1 Å². The second-order valence-electron chi connectivity index (χ2n) is 14.7. The smallest absolute Gasteiger partial charge is 0.308 e. The van der Waals surface area contributed by atoms with Gasteiger partial charge in [0.05, 0.1) is 37.4 Å². The first-order chi connectivity index (χ1) is 24.8. The van der Waals surface area contributed by atoms with E-state index in [0.717, 1.165) is 31.2 Å². The van der Waals surface area contributed by atoms with Gasteiger partial charge in [0, 0.05) is 42.7 Å². The van der Waals surface area contributed by atoms with Gasteiger partial charge in [0.25, 0.3) is 0 Å². The highest BCUT2D eigenvalue weighted by atomic mass is 19.1. The lowest BCUT2D eigenvalue weighted by molar-refractivity contribution is -0.309. The van der Waals surface area contributed by atoms with Crippen LogP contribution in [0, 0.1) is 23.7 Å². The van der Waals surface area contributed by atoms with Crippen LogP contribution in [-0.2, 0) is 39.8 Å². The second kappa shape index (κ2) is 21.7. The summed E-state index contributed by atoms with van der Waals surface area (Å²) in [7, 11) is 3.68. The number of hydrogen-bond donors (Lipinski definition) is 2. The molecule has 0 spiro atoms. The molecule has 1 saturated heterocycles. The van der Waals surface area contributed by atoms with Crippen molar-refractivity contribution in [3.63, 3.8) is 0 Å². The quantitative estimate of drug-likeness (QED) is 0.164. The number of halogens is 1. The number of aliphatic hydroxyl groups is 2. The van der Waals surface area contributed by atoms with Crippen molar-refractivity contribution >= 4 is 18.0 Å². The zero-order chi connectivity index (χ0) is 38.4. The molecule has 52 heavy (non-hydrogen) atoms. The highest BCUT2D eigenvalue weighted by Gasteiger charge is 2.48. The summed E-state index contributed by atoms with van der Waals surface area (Å²) in [5.41, 5.74) is 1.66. The van der Waals surface area contributed by atoms with E-state index in [4.69, 9.17) is 18.9 Å². The number of esters is 1. The first kappa shape index (κ1) is 43.5. The molecule has 3 heterocycles. The summed E-state index contributed by atoms with van der Waals surface area (Å²) in [4.78, 5) is 44.7. The lowest BCUT2D eigenvalue weighted by Gasteiger charge is -2.48. The number of unbranched alkanes of at least 4 members (excludes halogenated alkanes) is 1. The Morgan fingerprint density at radius 3 is 2.48 bits per heavy atom. The van der Waals surface area contributed by atoms with E-state index in [1.807, 2.05) is 44.1 Å². The van der Waals surface area contributed by atoms with Gasteiger partial charge in [-0.15, -0.1) is 0 Å². The first-order valence-corrected chi connectivity index (χ1v) is 18.7. The number of aldehydes is 1. The normalized spacial score (nSPS) is 35.8. The fourth-order valence-electron chi connectivity index (χ4n) is 7.29. The van der Waals surface area contributed by atoms with E-state index >= 15 is 0 Å². The van der Waals surface area contributed by atoms with Crippen molar-refractivity contribution in [3.8, 4) is 0 Å². The summed E-state index contributed by atoms with van der Waals surface area (Å²) in [6.45, 7) is 8.53. The van der Waals surface area contributed by atoms with Crippen molar-refractivity contribution < 1.29 is 47.9 Å². The Labute approximate surface area is 308 Å². The van der Waals surface area contributed by atoms with Gasteiger partial charge in [-0.05, 0) is 84.2 Å².